The van der Waals surface area contributed by atoms with Crippen molar-refractivity contribution in [2.24, 2.45) is 11.8 Å². The van der Waals surface area contributed by atoms with E-state index in [1.165, 1.54) is 22.7 Å². The van der Waals surface area contributed by atoms with Gasteiger partial charge < -0.3 is 25.4 Å². The third-order valence-corrected chi connectivity index (χ3v) is 15.3. The minimum Gasteiger partial charge on any atom is -0.351 e. The Morgan fingerprint density at radius 3 is 2.10 bits per heavy atom. The number of nitrogens with zero attached hydrogens (tertiary/aromatic N) is 10. The highest BCUT2D eigenvalue weighted by Gasteiger charge is 2.33. The number of H-pyrrole nitrogens is 3. The van der Waals surface area contributed by atoms with Gasteiger partial charge in [-0.1, -0.05) is 42.5 Å². The van der Waals surface area contributed by atoms with Gasteiger partial charge in [0.2, 0.25) is 0 Å². The molecule has 2 aliphatic heterocycles. The molecule has 73 heavy (non-hydrogen) atoms. The Morgan fingerprint density at radius 1 is 0.658 bits per heavy atom. The Balaban J connectivity index is 0.879. The summed E-state index contributed by atoms with van der Waals surface area (Å²) in [5.74, 6) is 1.73. The summed E-state index contributed by atoms with van der Waals surface area (Å²) in [5, 5.41) is 43.8. The van der Waals surface area contributed by atoms with Crippen molar-refractivity contribution in [1.29, 1.82) is 10.5 Å². The number of nitrogens with one attached hydrogen (secondary N) is 5. The SMILES string of the molecule is N#CC1CN(C(=O)c2cc3ccc(-c4nc(Nc5ccc(-c6cn[nH]c6)cc5)c5scc(-c6cc(-c7cn[nH]c7)ccc6Nc6ccnc(-c7ccc8cc(C(=O)N9CC(C#N)C9)sc8c7)n6)c5n4)cc3[nH]2)C1. The van der Waals surface area contributed by atoms with Crippen molar-refractivity contribution < 1.29 is 9.59 Å². The molecule has 19 heteroatoms. The molecule has 2 fully saturated rings. The monoisotopic (exact) mass is 991 g/mol. The highest BCUT2D eigenvalue weighted by atomic mass is 32.1. The molecule has 2 aliphatic rings. The molecular weight excluding hydrogens is 955 g/mol. The number of hydrogen-bond donors (Lipinski definition) is 5. The first-order valence-electron chi connectivity index (χ1n) is 23.2. The van der Waals surface area contributed by atoms with Crippen molar-refractivity contribution in [3.05, 3.63) is 144 Å². The number of thiophene rings is 2. The molecule has 9 heterocycles. The zero-order valence-electron chi connectivity index (χ0n) is 38.3. The van der Waals surface area contributed by atoms with Gasteiger partial charge in [0.15, 0.2) is 17.5 Å². The van der Waals surface area contributed by atoms with Crippen LogP contribution in [0.1, 0.15) is 20.2 Å². The van der Waals surface area contributed by atoms with Gasteiger partial charge in [-0.25, -0.2) is 19.9 Å². The molecule has 0 unspecified atom stereocenters. The van der Waals surface area contributed by atoms with Crippen LogP contribution in [0.3, 0.4) is 0 Å². The summed E-state index contributed by atoms with van der Waals surface area (Å²) >= 11 is 2.96. The number of aromatic amines is 3. The summed E-state index contributed by atoms with van der Waals surface area (Å²) in [6.45, 7) is 1.75. The predicted octanol–water partition coefficient (Wildman–Crippen LogP) is 10.6. The maximum Gasteiger partial charge on any atom is 0.270 e. The maximum atomic E-state index is 13.4. The second-order valence-corrected chi connectivity index (χ2v) is 19.9. The molecule has 7 aromatic heterocycles. The lowest BCUT2D eigenvalue weighted by atomic mass is 9.99. The van der Waals surface area contributed by atoms with Gasteiger partial charge in [0, 0.05) is 111 Å². The number of aromatic nitrogens is 9. The number of likely N-dealkylation sites (tertiary alicyclic amines) is 2. The van der Waals surface area contributed by atoms with E-state index in [0.717, 1.165) is 87.1 Å². The Bertz CT molecular complexity index is 4040. The van der Waals surface area contributed by atoms with E-state index in [0.29, 0.717) is 60.0 Å². The molecule has 4 aromatic carbocycles. The molecule has 0 aliphatic carbocycles. The summed E-state index contributed by atoms with van der Waals surface area (Å²) in [4.78, 5) is 54.0. The van der Waals surface area contributed by atoms with Crippen molar-refractivity contribution in [1.82, 2.24) is 55.1 Å². The van der Waals surface area contributed by atoms with Crippen molar-refractivity contribution in [3.8, 4) is 68.3 Å². The number of nitriles is 2. The van der Waals surface area contributed by atoms with Gasteiger partial charge in [-0.3, -0.25) is 19.8 Å². The molecule has 0 radical (unpaired) electrons. The molecular formula is C54H37N15O2S2. The van der Waals surface area contributed by atoms with Crippen LogP contribution < -0.4 is 10.6 Å². The number of carbonyl (C=O) groups excluding carboxylic acids is 2. The zero-order valence-corrected chi connectivity index (χ0v) is 39.9. The van der Waals surface area contributed by atoms with Crippen LogP contribution >= 0.6 is 22.7 Å². The molecule has 13 rings (SSSR count). The van der Waals surface area contributed by atoms with E-state index < -0.39 is 0 Å². The molecule has 11 aromatic rings. The first kappa shape index (κ1) is 43.5. The fourth-order valence-electron chi connectivity index (χ4n) is 9.22. The third-order valence-electron chi connectivity index (χ3n) is 13.3. The second-order valence-electron chi connectivity index (χ2n) is 18.0. The third kappa shape index (κ3) is 8.04. The van der Waals surface area contributed by atoms with Crippen molar-refractivity contribution in [3.63, 3.8) is 0 Å². The topological polar surface area (TPSA) is 237 Å². The molecule has 352 valence electrons. The Kier molecular flexibility index (Phi) is 10.5. The lowest BCUT2D eigenvalue weighted by Gasteiger charge is -2.34. The van der Waals surface area contributed by atoms with Gasteiger partial charge in [0.05, 0.1) is 51.5 Å². The van der Waals surface area contributed by atoms with Gasteiger partial charge in [0.25, 0.3) is 11.8 Å². The van der Waals surface area contributed by atoms with Crippen LogP contribution in [-0.4, -0.2) is 93.1 Å². The van der Waals surface area contributed by atoms with Crippen molar-refractivity contribution in [2.45, 2.75) is 0 Å². The van der Waals surface area contributed by atoms with E-state index >= 15 is 0 Å². The van der Waals surface area contributed by atoms with Crippen LogP contribution in [0.4, 0.5) is 23.0 Å². The fourth-order valence-corrected chi connectivity index (χ4v) is 11.2. The minimum absolute atomic E-state index is 0.0581. The quantitative estimate of drug-likeness (QED) is 0.0814. The number of hydrogen-bond acceptors (Lipinski definition) is 14. The Labute approximate surface area is 422 Å². The molecule has 2 saturated heterocycles. The molecule has 17 nitrogen and oxygen atoms in total. The zero-order chi connectivity index (χ0) is 49.2. The highest BCUT2D eigenvalue weighted by molar-refractivity contribution is 7.20. The van der Waals surface area contributed by atoms with Crippen LogP contribution in [0.15, 0.2) is 133 Å². The molecule has 0 saturated carbocycles. The van der Waals surface area contributed by atoms with E-state index in [4.69, 9.17) is 15.0 Å². The van der Waals surface area contributed by atoms with Gasteiger partial charge in [-0.2, -0.15) is 20.7 Å². The van der Waals surface area contributed by atoms with Crippen molar-refractivity contribution in [2.75, 3.05) is 36.8 Å². The summed E-state index contributed by atoms with van der Waals surface area (Å²) < 4.78 is 1.78. The van der Waals surface area contributed by atoms with Crippen LogP contribution in [-0.2, 0) is 0 Å². The summed E-state index contributed by atoms with van der Waals surface area (Å²) in [6, 6.07) is 36.1. The van der Waals surface area contributed by atoms with Gasteiger partial charge in [-0.05, 0) is 71.1 Å². The number of amides is 2. The fraction of sp³-hybridized carbons (Fsp3) is 0.111. The summed E-state index contributed by atoms with van der Waals surface area (Å²) in [6.07, 6.45) is 9.01. The van der Waals surface area contributed by atoms with E-state index in [1.807, 2.05) is 103 Å². The predicted molar refractivity (Wildman–Crippen MR) is 281 cm³/mol. The second kappa shape index (κ2) is 17.7. The number of benzene rings is 4. The van der Waals surface area contributed by atoms with Gasteiger partial charge in [0.1, 0.15) is 11.5 Å². The Hall–Kier alpha value is -9.56. The number of rotatable bonds is 11. The smallest absolute Gasteiger partial charge is 0.270 e. The summed E-state index contributed by atoms with van der Waals surface area (Å²) in [5.41, 5.74) is 10.6. The van der Waals surface area contributed by atoms with Crippen LogP contribution in [0.5, 0.6) is 0 Å². The number of anilines is 4. The van der Waals surface area contributed by atoms with Gasteiger partial charge in [-0.15, -0.1) is 22.7 Å². The van der Waals surface area contributed by atoms with E-state index in [9.17, 15) is 20.1 Å². The average molecular weight is 992 g/mol. The summed E-state index contributed by atoms with van der Waals surface area (Å²) in [7, 11) is 0. The molecule has 5 N–H and O–H groups in total. The molecule has 2 amide bonds. The van der Waals surface area contributed by atoms with E-state index in [-0.39, 0.29) is 23.7 Å². The first-order chi connectivity index (χ1) is 35.8. The van der Waals surface area contributed by atoms with Crippen LogP contribution in [0.25, 0.3) is 87.4 Å². The molecule has 0 spiro atoms. The number of fused-ring (bicyclic) bond motifs is 3. The Morgan fingerprint density at radius 2 is 1.36 bits per heavy atom. The molecule has 0 bridgehead atoms. The largest absolute Gasteiger partial charge is 0.351 e. The van der Waals surface area contributed by atoms with E-state index in [2.05, 4.69) is 64.6 Å². The van der Waals surface area contributed by atoms with E-state index in [1.54, 1.807) is 28.4 Å². The lowest BCUT2D eigenvalue weighted by Crippen LogP contribution is -2.49. The maximum absolute atomic E-state index is 13.4. The number of carbonyl (C=O) groups is 2. The van der Waals surface area contributed by atoms with Crippen LogP contribution in [0.2, 0.25) is 0 Å². The normalized spacial score (nSPS) is 13.7. The highest BCUT2D eigenvalue weighted by Crippen LogP contribution is 2.43. The van der Waals surface area contributed by atoms with Gasteiger partial charge >= 0.3 is 0 Å². The minimum atomic E-state index is -0.142. The molecule has 0 atom stereocenters. The van der Waals surface area contributed by atoms with Crippen molar-refractivity contribution >= 4 is 88.7 Å². The average Bonchev–Trinajstić information content (AvgIpc) is 4.26. The lowest BCUT2D eigenvalue weighted by molar-refractivity contribution is 0.0569. The standard InChI is InChI=1S/C54H37N15O2S2/c55-18-29-24-68(25-29)53(70)44-14-33-1-3-35(15-43(33)63-44)51-66-48-41(28-72-49(48)52(67-51)62-39-8-5-31(6-9-39)37-20-58-59-21-37)40-13-32(38-22-60-61-23-38)7-10-42(40)64-47-11-12-57-50(65-47)36-4-2-34-16-46(73-45(34)17-36)54(71)69-26-30(19-56)27-69/h1-17,20-23,28-30,63H,24-27H2,(H,58,59)(H,60,61)(H,57,64,65)(H,62,66,67). The first-order valence-corrected chi connectivity index (χ1v) is 24.9. The van der Waals surface area contributed by atoms with Crippen LogP contribution in [0, 0.1) is 34.5 Å².